The fourth-order valence-electron chi connectivity index (χ4n) is 3.46. The van der Waals surface area contributed by atoms with E-state index < -0.39 is 16.0 Å². The zero-order valence-corrected chi connectivity index (χ0v) is 20.3. The molecule has 1 fully saturated rings. The summed E-state index contributed by atoms with van der Waals surface area (Å²) in [5.41, 5.74) is 7.64. The molecule has 0 bridgehead atoms. The number of amidine groups is 1. The summed E-state index contributed by atoms with van der Waals surface area (Å²) < 4.78 is 27.3. The third-order valence-electron chi connectivity index (χ3n) is 5.35. The number of aliphatic carboxylic acids is 1. The SMILES string of the molecule is CC(=O)O.CCCCc1ccc(S(=O)(=O)N2CCN(C(=O)c3ccc(C(=N)N)cc3)CC2)cc1. The number of nitrogens with one attached hydrogen (secondary N) is 1. The van der Waals surface area contributed by atoms with E-state index >= 15 is 0 Å². The summed E-state index contributed by atoms with van der Waals surface area (Å²) in [6.45, 7) is 4.40. The molecule has 0 aliphatic carbocycles. The molecule has 3 rings (SSSR count). The number of piperazine rings is 1. The van der Waals surface area contributed by atoms with Crippen LogP contribution in [0.2, 0.25) is 0 Å². The highest BCUT2D eigenvalue weighted by molar-refractivity contribution is 7.89. The van der Waals surface area contributed by atoms with Crippen molar-refractivity contribution in [2.24, 2.45) is 5.73 Å². The van der Waals surface area contributed by atoms with Crippen LogP contribution < -0.4 is 5.73 Å². The molecule has 0 aromatic heterocycles. The topological polar surface area (TPSA) is 145 Å². The number of carboxylic acid groups (broad SMARTS) is 1. The summed E-state index contributed by atoms with van der Waals surface area (Å²) in [5.74, 6) is -1.03. The van der Waals surface area contributed by atoms with Crippen molar-refractivity contribution < 1.29 is 23.1 Å². The van der Waals surface area contributed by atoms with Gasteiger partial charge in [0.05, 0.1) is 4.90 Å². The predicted octanol–water partition coefficient (Wildman–Crippen LogP) is 2.55. The van der Waals surface area contributed by atoms with E-state index in [2.05, 4.69) is 6.92 Å². The molecule has 9 nitrogen and oxygen atoms in total. The zero-order chi connectivity index (χ0) is 25.3. The number of nitrogens with two attached hydrogens (primary N) is 1. The fraction of sp³-hybridized carbons (Fsp3) is 0.375. The maximum Gasteiger partial charge on any atom is 0.300 e. The highest BCUT2D eigenvalue weighted by Gasteiger charge is 2.30. The largest absolute Gasteiger partial charge is 0.481 e. The molecule has 0 atom stereocenters. The average Bonchev–Trinajstić information content (AvgIpc) is 2.82. The van der Waals surface area contributed by atoms with Gasteiger partial charge in [-0.1, -0.05) is 37.6 Å². The van der Waals surface area contributed by atoms with Gasteiger partial charge in [0.1, 0.15) is 5.84 Å². The number of nitrogens with zero attached hydrogens (tertiary/aromatic N) is 2. The monoisotopic (exact) mass is 488 g/mol. The van der Waals surface area contributed by atoms with E-state index in [-0.39, 0.29) is 24.8 Å². The van der Waals surface area contributed by atoms with E-state index in [4.69, 9.17) is 21.0 Å². The molecule has 0 radical (unpaired) electrons. The molecule has 0 saturated carbocycles. The van der Waals surface area contributed by atoms with Crippen molar-refractivity contribution in [1.82, 2.24) is 9.21 Å². The Bertz CT molecular complexity index is 1090. The van der Waals surface area contributed by atoms with Gasteiger partial charge in [0.2, 0.25) is 10.0 Å². The number of amides is 1. The highest BCUT2D eigenvalue weighted by Crippen LogP contribution is 2.20. The second kappa shape index (κ2) is 12.3. The molecule has 1 saturated heterocycles. The first-order chi connectivity index (χ1) is 16.1. The van der Waals surface area contributed by atoms with Gasteiger partial charge in [0, 0.05) is 44.2 Å². The van der Waals surface area contributed by atoms with Gasteiger partial charge in [-0.3, -0.25) is 15.0 Å². The number of carbonyl (C=O) groups is 2. The van der Waals surface area contributed by atoms with Gasteiger partial charge in [-0.2, -0.15) is 4.31 Å². The molecule has 2 aromatic rings. The zero-order valence-electron chi connectivity index (χ0n) is 19.5. The molecule has 1 aliphatic rings. The van der Waals surface area contributed by atoms with Gasteiger partial charge in [-0.25, -0.2) is 8.42 Å². The maximum absolute atomic E-state index is 13.0. The van der Waals surface area contributed by atoms with Crippen LogP contribution in [0.3, 0.4) is 0 Å². The lowest BCUT2D eigenvalue weighted by Crippen LogP contribution is -2.50. The van der Waals surface area contributed by atoms with E-state index in [0.717, 1.165) is 31.7 Å². The van der Waals surface area contributed by atoms with Crippen LogP contribution in [0.15, 0.2) is 53.4 Å². The molecule has 34 heavy (non-hydrogen) atoms. The van der Waals surface area contributed by atoms with Gasteiger partial charge in [0.15, 0.2) is 0 Å². The van der Waals surface area contributed by atoms with E-state index in [0.29, 0.717) is 29.1 Å². The normalized spacial score (nSPS) is 14.1. The van der Waals surface area contributed by atoms with E-state index in [1.165, 1.54) is 4.31 Å². The maximum atomic E-state index is 13.0. The van der Waals surface area contributed by atoms with Gasteiger partial charge >= 0.3 is 0 Å². The van der Waals surface area contributed by atoms with Crippen LogP contribution in [0.25, 0.3) is 0 Å². The van der Waals surface area contributed by atoms with Crippen LogP contribution in [0.1, 0.15) is 48.2 Å². The Balaban J connectivity index is 0.000000945. The summed E-state index contributed by atoms with van der Waals surface area (Å²) >= 11 is 0. The van der Waals surface area contributed by atoms with Crippen LogP contribution in [0.5, 0.6) is 0 Å². The molecule has 0 unspecified atom stereocenters. The minimum atomic E-state index is -3.57. The number of nitrogen functional groups attached to an aromatic ring is 1. The average molecular weight is 489 g/mol. The second-order valence-corrected chi connectivity index (χ2v) is 9.89. The van der Waals surface area contributed by atoms with Crippen LogP contribution in [0.4, 0.5) is 0 Å². The quantitative estimate of drug-likeness (QED) is 0.403. The van der Waals surface area contributed by atoms with Crippen LogP contribution in [0, 0.1) is 5.41 Å². The molecule has 4 N–H and O–H groups in total. The second-order valence-electron chi connectivity index (χ2n) is 7.95. The predicted molar refractivity (Wildman–Crippen MR) is 130 cm³/mol. The van der Waals surface area contributed by atoms with Crippen molar-refractivity contribution >= 4 is 27.7 Å². The summed E-state index contributed by atoms with van der Waals surface area (Å²) in [6.07, 6.45) is 3.13. The van der Waals surface area contributed by atoms with Gasteiger partial charge in [-0.15, -0.1) is 0 Å². The smallest absolute Gasteiger partial charge is 0.300 e. The first-order valence-corrected chi connectivity index (χ1v) is 12.5. The fourth-order valence-corrected chi connectivity index (χ4v) is 4.89. The molecule has 10 heteroatoms. The Morgan fingerprint density at radius 2 is 1.47 bits per heavy atom. The Hall–Kier alpha value is -3.24. The van der Waals surface area contributed by atoms with Crippen LogP contribution in [-0.2, 0) is 21.2 Å². The van der Waals surface area contributed by atoms with Crippen molar-refractivity contribution in [2.75, 3.05) is 26.2 Å². The van der Waals surface area contributed by atoms with Crippen molar-refractivity contribution in [3.63, 3.8) is 0 Å². The molecule has 2 aromatic carbocycles. The van der Waals surface area contributed by atoms with Gasteiger partial charge < -0.3 is 15.7 Å². The van der Waals surface area contributed by atoms with Crippen molar-refractivity contribution in [2.45, 2.75) is 38.0 Å². The van der Waals surface area contributed by atoms with Gasteiger partial charge in [-0.05, 0) is 42.7 Å². The van der Waals surface area contributed by atoms with E-state index in [9.17, 15) is 13.2 Å². The lowest BCUT2D eigenvalue weighted by Gasteiger charge is -2.34. The Labute approximate surface area is 200 Å². The number of carbonyl (C=O) groups excluding carboxylic acids is 1. The Morgan fingerprint density at radius 1 is 0.971 bits per heavy atom. The number of unbranched alkanes of at least 4 members (excludes halogenated alkanes) is 1. The van der Waals surface area contributed by atoms with Gasteiger partial charge in [0.25, 0.3) is 11.9 Å². The first kappa shape index (κ1) is 27.0. The third kappa shape index (κ3) is 7.39. The number of hydrogen-bond acceptors (Lipinski definition) is 5. The summed E-state index contributed by atoms with van der Waals surface area (Å²) in [6, 6.07) is 13.7. The lowest BCUT2D eigenvalue weighted by molar-refractivity contribution is -0.134. The molecule has 1 amide bonds. The van der Waals surface area contributed by atoms with Crippen LogP contribution >= 0.6 is 0 Å². The molecule has 0 spiro atoms. The van der Waals surface area contributed by atoms with Crippen molar-refractivity contribution in [3.8, 4) is 0 Å². The third-order valence-corrected chi connectivity index (χ3v) is 7.26. The number of aryl methyl sites for hydroxylation is 1. The van der Waals surface area contributed by atoms with E-state index in [1.54, 1.807) is 41.3 Å². The Morgan fingerprint density at radius 3 is 1.94 bits per heavy atom. The van der Waals surface area contributed by atoms with Crippen molar-refractivity contribution in [3.05, 3.63) is 65.2 Å². The standard InChI is InChI=1S/C22H28N4O3S.C2H4O2/c1-2-3-4-17-5-11-20(12-6-17)30(28,29)26-15-13-25(14-16-26)22(27)19-9-7-18(8-10-19)21(23)24;1-2(3)4/h5-12H,2-4,13-16H2,1H3,(H3,23,24);1H3,(H,3,4). The first-order valence-electron chi connectivity index (χ1n) is 11.1. The summed E-state index contributed by atoms with van der Waals surface area (Å²) in [4.78, 5) is 23.7. The Kier molecular flexibility index (Phi) is 9.76. The molecule has 184 valence electrons. The lowest BCUT2D eigenvalue weighted by atomic mass is 10.1. The number of hydrogen-bond donors (Lipinski definition) is 3. The summed E-state index contributed by atoms with van der Waals surface area (Å²) in [7, 11) is -3.57. The number of sulfonamides is 1. The number of benzene rings is 2. The molecule has 1 aliphatic heterocycles. The number of carboxylic acids is 1. The van der Waals surface area contributed by atoms with Crippen LogP contribution in [-0.4, -0.2) is 66.6 Å². The summed E-state index contributed by atoms with van der Waals surface area (Å²) in [5, 5.41) is 14.8. The highest BCUT2D eigenvalue weighted by atomic mass is 32.2. The minimum absolute atomic E-state index is 0.0498. The van der Waals surface area contributed by atoms with Crippen molar-refractivity contribution in [1.29, 1.82) is 5.41 Å². The molecular weight excluding hydrogens is 456 g/mol. The number of rotatable bonds is 7. The van der Waals surface area contributed by atoms with E-state index in [1.807, 2.05) is 12.1 Å². The molecular formula is C24H32N4O5S. The molecule has 1 heterocycles. The minimum Gasteiger partial charge on any atom is -0.481 e.